The van der Waals surface area contributed by atoms with Crippen molar-refractivity contribution in [3.8, 4) is 34.5 Å². The SMILES string of the molecule is COc1cc(C(=O)On2c(=O)c3cc4c(=O)n(OC(=O)c5cc(OC)c(OC)c(OC)c5)c(=O)c4cc3c2=O)cc(OC)c1OC. The van der Waals surface area contributed by atoms with Gasteiger partial charge in [0.1, 0.15) is 0 Å². The largest absolute Gasteiger partial charge is 0.493 e. The molecule has 0 fully saturated rings. The Labute approximate surface area is 256 Å². The van der Waals surface area contributed by atoms with Gasteiger partial charge in [0.25, 0.3) is 22.2 Å². The third-order valence-corrected chi connectivity index (χ3v) is 6.97. The molecule has 5 aromatic rings. The van der Waals surface area contributed by atoms with Gasteiger partial charge in [0.2, 0.25) is 11.5 Å². The molecule has 2 aromatic heterocycles. The molecular formula is C30H24N2O14. The molecule has 0 aliphatic rings. The Hall–Kier alpha value is -6.32. The number of nitrogens with zero attached hydrogens (tertiary/aromatic N) is 2. The summed E-state index contributed by atoms with van der Waals surface area (Å²) in [5.41, 5.74) is -4.64. The first-order valence-corrected chi connectivity index (χ1v) is 13.0. The first-order valence-electron chi connectivity index (χ1n) is 13.0. The van der Waals surface area contributed by atoms with Crippen LogP contribution in [-0.2, 0) is 0 Å². The highest BCUT2D eigenvalue weighted by atomic mass is 16.7. The number of carbonyl (C=O) groups is 2. The van der Waals surface area contributed by atoms with E-state index in [9.17, 15) is 28.8 Å². The summed E-state index contributed by atoms with van der Waals surface area (Å²) in [4.78, 5) is 88.7. The first-order chi connectivity index (χ1) is 22.0. The van der Waals surface area contributed by atoms with Gasteiger partial charge < -0.3 is 38.1 Å². The summed E-state index contributed by atoms with van der Waals surface area (Å²) in [5, 5.41) is -1.33. The third kappa shape index (κ3) is 4.90. The van der Waals surface area contributed by atoms with Gasteiger partial charge in [-0.1, -0.05) is 9.46 Å². The van der Waals surface area contributed by atoms with Crippen molar-refractivity contribution in [3.63, 3.8) is 0 Å². The Bertz CT molecular complexity index is 1970. The summed E-state index contributed by atoms with van der Waals surface area (Å²) in [6, 6.07) is 6.96. The van der Waals surface area contributed by atoms with Gasteiger partial charge in [-0.3, -0.25) is 19.2 Å². The second kappa shape index (κ2) is 12.0. The second-order valence-corrected chi connectivity index (χ2v) is 9.34. The summed E-state index contributed by atoms with van der Waals surface area (Å²) in [5.74, 6) is -1.43. The molecule has 0 spiro atoms. The van der Waals surface area contributed by atoms with Crippen LogP contribution in [0.25, 0.3) is 21.5 Å². The van der Waals surface area contributed by atoms with Crippen molar-refractivity contribution >= 4 is 33.5 Å². The summed E-state index contributed by atoms with van der Waals surface area (Å²) in [6.07, 6.45) is 0. The highest BCUT2D eigenvalue weighted by Gasteiger charge is 2.26. The molecule has 0 atom stereocenters. The monoisotopic (exact) mass is 636 g/mol. The summed E-state index contributed by atoms with van der Waals surface area (Å²) < 4.78 is 31.7. The van der Waals surface area contributed by atoms with Gasteiger partial charge in [-0.2, -0.15) is 0 Å². The number of rotatable bonds is 10. The zero-order valence-electron chi connectivity index (χ0n) is 25.1. The van der Waals surface area contributed by atoms with Gasteiger partial charge in [0, 0.05) is 0 Å². The number of benzene rings is 3. The lowest BCUT2D eigenvalue weighted by Crippen LogP contribution is -2.36. The normalized spacial score (nSPS) is 10.9. The van der Waals surface area contributed by atoms with Crippen molar-refractivity contribution in [2.45, 2.75) is 0 Å². The maximum atomic E-state index is 13.2. The Morgan fingerprint density at radius 1 is 0.435 bits per heavy atom. The van der Waals surface area contributed by atoms with Gasteiger partial charge >= 0.3 is 11.9 Å². The van der Waals surface area contributed by atoms with Gasteiger partial charge in [0.05, 0.1) is 75.3 Å². The fourth-order valence-electron chi connectivity index (χ4n) is 4.76. The zero-order valence-corrected chi connectivity index (χ0v) is 25.1. The predicted octanol–water partition coefficient (Wildman–Crippen LogP) is 0.502. The lowest BCUT2D eigenvalue weighted by atomic mass is 10.1. The third-order valence-electron chi connectivity index (χ3n) is 6.97. The van der Waals surface area contributed by atoms with E-state index < -0.39 is 34.2 Å². The highest BCUT2D eigenvalue weighted by Crippen LogP contribution is 2.39. The van der Waals surface area contributed by atoms with E-state index in [0.717, 1.165) is 12.1 Å². The molecule has 16 nitrogen and oxygen atoms in total. The maximum absolute atomic E-state index is 13.2. The average Bonchev–Trinajstić information content (AvgIpc) is 3.44. The number of aromatic nitrogens is 2. The Kier molecular flexibility index (Phi) is 8.11. The molecule has 46 heavy (non-hydrogen) atoms. The molecule has 2 heterocycles. The lowest BCUT2D eigenvalue weighted by molar-refractivity contribution is 0.0426. The van der Waals surface area contributed by atoms with Gasteiger partial charge in [-0.15, -0.1) is 0 Å². The van der Waals surface area contributed by atoms with E-state index in [2.05, 4.69) is 0 Å². The van der Waals surface area contributed by atoms with E-state index >= 15 is 0 Å². The average molecular weight is 637 g/mol. The predicted molar refractivity (Wildman–Crippen MR) is 159 cm³/mol. The number of fused-ring (bicyclic) bond motifs is 2. The number of ether oxygens (including phenoxy) is 6. The summed E-state index contributed by atoms with van der Waals surface area (Å²) in [7, 11) is 8.04. The molecule has 0 unspecified atom stereocenters. The minimum Gasteiger partial charge on any atom is -0.493 e. The highest BCUT2D eigenvalue weighted by molar-refractivity contribution is 5.98. The van der Waals surface area contributed by atoms with Crippen LogP contribution in [0.2, 0.25) is 0 Å². The molecule has 0 amide bonds. The molecule has 238 valence electrons. The van der Waals surface area contributed by atoms with Crippen LogP contribution >= 0.6 is 0 Å². The van der Waals surface area contributed by atoms with Crippen molar-refractivity contribution in [2.24, 2.45) is 0 Å². The van der Waals surface area contributed by atoms with E-state index in [-0.39, 0.29) is 76.6 Å². The van der Waals surface area contributed by atoms with Crippen molar-refractivity contribution in [1.82, 2.24) is 9.46 Å². The fourth-order valence-corrected chi connectivity index (χ4v) is 4.76. The van der Waals surface area contributed by atoms with Crippen LogP contribution in [0, 0.1) is 0 Å². The van der Waals surface area contributed by atoms with Crippen molar-refractivity contribution in [1.29, 1.82) is 0 Å². The molecule has 5 rings (SSSR count). The van der Waals surface area contributed by atoms with Crippen LogP contribution in [0.5, 0.6) is 34.5 Å². The molecule has 0 aliphatic carbocycles. The van der Waals surface area contributed by atoms with Crippen molar-refractivity contribution < 1.29 is 47.7 Å². The second-order valence-electron chi connectivity index (χ2n) is 9.34. The number of hydrogen-bond donors (Lipinski definition) is 0. The number of carbonyl (C=O) groups excluding carboxylic acids is 2. The summed E-state index contributed by atoms with van der Waals surface area (Å²) >= 11 is 0. The minimum atomic E-state index is -1.13. The van der Waals surface area contributed by atoms with Crippen molar-refractivity contribution in [3.05, 3.63) is 88.9 Å². The molecule has 0 aliphatic heterocycles. The molecule has 16 heteroatoms. The van der Waals surface area contributed by atoms with E-state index in [4.69, 9.17) is 38.1 Å². The van der Waals surface area contributed by atoms with Crippen LogP contribution in [0.15, 0.2) is 55.6 Å². The minimum absolute atomic E-state index is 0.111. The van der Waals surface area contributed by atoms with E-state index in [1.807, 2.05) is 0 Å². The molecule has 0 bridgehead atoms. The number of methoxy groups -OCH3 is 6. The standard InChI is InChI=1S/C30H24N2O14/c1-39-19-7-13(8-20(40-2)23(19)43-5)29(37)45-31-25(33)15-11-17-18(12-16(15)26(31)34)28(36)32(27(17)35)46-30(38)14-9-21(41-3)24(44-6)22(10-14)42-4/h7-12H,1-6H3. The Morgan fingerprint density at radius 2 is 0.696 bits per heavy atom. The fraction of sp³-hybridized carbons (Fsp3) is 0.200. The Balaban J connectivity index is 1.53. The van der Waals surface area contributed by atoms with Crippen LogP contribution in [0.1, 0.15) is 20.7 Å². The molecule has 0 saturated heterocycles. The molecule has 0 saturated carbocycles. The Morgan fingerprint density at radius 3 is 0.913 bits per heavy atom. The molecule has 0 radical (unpaired) electrons. The van der Waals surface area contributed by atoms with Crippen LogP contribution in [0.4, 0.5) is 0 Å². The quantitative estimate of drug-likeness (QED) is 0.206. The first kappa shape index (κ1) is 31.1. The smallest absolute Gasteiger partial charge is 0.364 e. The van der Waals surface area contributed by atoms with Gasteiger partial charge in [0.15, 0.2) is 23.0 Å². The zero-order chi connectivity index (χ0) is 33.4. The van der Waals surface area contributed by atoms with Crippen LogP contribution in [0.3, 0.4) is 0 Å². The molecule has 3 aromatic carbocycles. The van der Waals surface area contributed by atoms with E-state index in [0.29, 0.717) is 0 Å². The number of hydrogen-bond acceptors (Lipinski definition) is 14. The van der Waals surface area contributed by atoms with Crippen LogP contribution < -0.4 is 60.3 Å². The van der Waals surface area contributed by atoms with Gasteiger partial charge in [-0.25, -0.2) is 9.59 Å². The van der Waals surface area contributed by atoms with Crippen LogP contribution in [-0.4, -0.2) is 64.1 Å². The molecule has 0 N–H and O–H groups in total. The topological polar surface area (TPSA) is 186 Å². The molecular weight excluding hydrogens is 612 g/mol. The van der Waals surface area contributed by atoms with Gasteiger partial charge in [-0.05, 0) is 36.4 Å². The van der Waals surface area contributed by atoms with E-state index in [1.54, 1.807) is 0 Å². The van der Waals surface area contributed by atoms with Crippen molar-refractivity contribution in [2.75, 3.05) is 42.7 Å². The summed E-state index contributed by atoms with van der Waals surface area (Å²) in [6.45, 7) is 0. The maximum Gasteiger partial charge on any atom is 0.364 e. The lowest BCUT2D eigenvalue weighted by Gasteiger charge is -2.13. The van der Waals surface area contributed by atoms with E-state index in [1.165, 1.54) is 66.9 Å².